The summed E-state index contributed by atoms with van der Waals surface area (Å²) in [5.41, 5.74) is 2.04. The summed E-state index contributed by atoms with van der Waals surface area (Å²) in [5, 5.41) is 0.539. The third-order valence-electron chi connectivity index (χ3n) is 5.71. The molecular formula is C27H23N3O4S2. The molecule has 5 rings (SSSR count). The standard InChI is InChI=1S/C27H23N3O4S2/c1-29(18-20-8-3-2-4-9-20)36(32,33)23-15-13-21(14-16-23)26(31)30(19-22-10-7-17-34-22)27-28-24-11-5-6-12-25(24)35-27/h2-17H,18-19H2,1H3. The molecule has 0 aliphatic heterocycles. The maximum Gasteiger partial charge on any atom is 0.260 e. The lowest BCUT2D eigenvalue weighted by Crippen LogP contribution is -2.30. The number of hydrogen-bond donors (Lipinski definition) is 0. The monoisotopic (exact) mass is 517 g/mol. The summed E-state index contributed by atoms with van der Waals surface area (Å²) in [6.45, 7) is 0.448. The van der Waals surface area contributed by atoms with E-state index in [9.17, 15) is 13.2 Å². The van der Waals surface area contributed by atoms with Crippen LogP contribution in [0.2, 0.25) is 0 Å². The van der Waals surface area contributed by atoms with Crippen molar-refractivity contribution in [2.75, 3.05) is 11.9 Å². The second-order valence-corrected chi connectivity index (χ2v) is 11.3. The number of furan rings is 1. The number of aromatic nitrogens is 1. The number of amides is 1. The van der Waals surface area contributed by atoms with E-state index in [2.05, 4.69) is 4.98 Å². The van der Waals surface area contributed by atoms with Crippen LogP contribution in [0.1, 0.15) is 21.7 Å². The number of carbonyl (C=O) groups excluding carboxylic acids is 1. The van der Waals surface area contributed by atoms with Gasteiger partial charge in [0, 0.05) is 19.2 Å². The number of thiazole rings is 1. The molecule has 0 aliphatic rings. The normalized spacial score (nSPS) is 11.7. The highest BCUT2D eigenvalue weighted by atomic mass is 32.2. The van der Waals surface area contributed by atoms with Gasteiger partial charge in [-0.2, -0.15) is 4.31 Å². The number of nitrogens with zero attached hydrogens (tertiary/aromatic N) is 3. The lowest BCUT2D eigenvalue weighted by molar-refractivity contribution is 0.0983. The van der Waals surface area contributed by atoms with Crippen molar-refractivity contribution in [1.82, 2.24) is 9.29 Å². The van der Waals surface area contributed by atoms with Crippen LogP contribution in [0, 0.1) is 0 Å². The molecule has 182 valence electrons. The molecule has 1 amide bonds. The van der Waals surface area contributed by atoms with Crippen LogP contribution < -0.4 is 4.90 Å². The molecule has 0 saturated heterocycles. The van der Waals surface area contributed by atoms with Crippen molar-refractivity contribution in [1.29, 1.82) is 0 Å². The van der Waals surface area contributed by atoms with Gasteiger partial charge >= 0.3 is 0 Å². The van der Waals surface area contributed by atoms with E-state index >= 15 is 0 Å². The Kier molecular flexibility index (Phi) is 6.69. The summed E-state index contributed by atoms with van der Waals surface area (Å²) in [5.74, 6) is 0.316. The molecular weight excluding hydrogens is 494 g/mol. The fourth-order valence-corrected chi connectivity index (χ4v) is 5.91. The van der Waals surface area contributed by atoms with Crippen LogP contribution in [0.15, 0.2) is 107 Å². The van der Waals surface area contributed by atoms with Gasteiger partial charge in [0.2, 0.25) is 10.0 Å². The zero-order valence-electron chi connectivity index (χ0n) is 19.4. The predicted molar refractivity (Wildman–Crippen MR) is 140 cm³/mol. The van der Waals surface area contributed by atoms with Gasteiger partial charge in [-0.25, -0.2) is 13.4 Å². The molecule has 2 aromatic heterocycles. The van der Waals surface area contributed by atoms with Crippen LogP contribution in [0.25, 0.3) is 10.2 Å². The fourth-order valence-electron chi connectivity index (χ4n) is 3.79. The molecule has 0 saturated carbocycles. The Labute approximate surface area is 213 Å². The Hall–Kier alpha value is -3.79. The zero-order chi connectivity index (χ0) is 25.1. The van der Waals surface area contributed by atoms with E-state index in [1.807, 2.05) is 54.6 Å². The Morgan fingerprint density at radius 3 is 2.31 bits per heavy atom. The maximum absolute atomic E-state index is 13.6. The highest BCUT2D eigenvalue weighted by Crippen LogP contribution is 2.31. The quantitative estimate of drug-likeness (QED) is 0.269. The molecule has 0 atom stereocenters. The summed E-state index contributed by atoms with van der Waals surface area (Å²) in [6.07, 6.45) is 1.56. The number of carbonyl (C=O) groups is 1. The second kappa shape index (κ2) is 10.1. The average Bonchev–Trinajstić information content (AvgIpc) is 3.57. The van der Waals surface area contributed by atoms with E-state index in [4.69, 9.17) is 4.42 Å². The van der Waals surface area contributed by atoms with Crippen molar-refractivity contribution in [2.45, 2.75) is 18.0 Å². The van der Waals surface area contributed by atoms with Gasteiger partial charge in [0.15, 0.2) is 5.13 Å². The van der Waals surface area contributed by atoms with E-state index in [0.29, 0.717) is 16.5 Å². The van der Waals surface area contributed by atoms with Gasteiger partial charge in [-0.3, -0.25) is 9.69 Å². The average molecular weight is 518 g/mol. The Bertz CT molecular complexity index is 1550. The van der Waals surface area contributed by atoms with Crippen LogP contribution in [0.3, 0.4) is 0 Å². The summed E-state index contributed by atoms with van der Waals surface area (Å²) in [6, 6.07) is 26.6. The molecule has 0 radical (unpaired) electrons. The minimum atomic E-state index is -3.73. The van der Waals surface area contributed by atoms with Crippen molar-refractivity contribution < 1.29 is 17.6 Å². The van der Waals surface area contributed by atoms with Gasteiger partial charge in [0.25, 0.3) is 5.91 Å². The zero-order valence-corrected chi connectivity index (χ0v) is 21.1. The third-order valence-corrected chi connectivity index (χ3v) is 8.59. The van der Waals surface area contributed by atoms with Crippen LogP contribution >= 0.6 is 11.3 Å². The van der Waals surface area contributed by atoms with Gasteiger partial charge in [0.05, 0.1) is 27.9 Å². The minimum absolute atomic E-state index is 0.120. The first kappa shape index (κ1) is 23.9. The molecule has 0 aliphatic carbocycles. The summed E-state index contributed by atoms with van der Waals surface area (Å²) in [7, 11) is -2.19. The number of sulfonamides is 1. The summed E-state index contributed by atoms with van der Waals surface area (Å²) >= 11 is 1.41. The van der Waals surface area contributed by atoms with Crippen molar-refractivity contribution >= 4 is 42.6 Å². The molecule has 5 aromatic rings. The van der Waals surface area contributed by atoms with Crippen molar-refractivity contribution in [3.05, 3.63) is 114 Å². The second-order valence-electron chi connectivity index (χ2n) is 8.21. The molecule has 36 heavy (non-hydrogen) atoms. The van der Waals surface area contributed by atoms with E-state index in [-0.39, 0.29) is 23.9 Å². The Morgan fingerprint density at radius 2 is 1.61 bits per heavy atom. The Balaban J connectivity index is 1.41. The summed E-state index contributed by atoms with van der Waals surface area (Å²) in [4.78, 5) is 19.9. The third kappa shape index (κ3) is 4.94. The molecule has 7 nitrogen and oxygen atoms in total. The van der Waals surface area contributed by atoms with Crippen molar-refractivity contribution in [3.8, 4) is 0 Å². The first-order valence-corrected chi connectivity index (χ1v) is 13.5. The Morgan fingerprint density at radius 1 is 0.889 bits per heavy atom. The van der Waals surface area contributed by atoms with Crippen molar-refractivity contribution in [3.63, 3.8) is 0 Å². The molecule has 9 heteroatoms. The maximum atomic E-state index is 13.6. The van der Waals surface area contributed by atoms with E-state index in [1.165, 1.54) is 39.9 Å². The van der Waals surface area contributed by atoms with Crippen LogP contribution in [0.4, 0.5) is 5.13 Å². The minimum Gasteiger partial charge on any atom is -0.467 e. The van der Waals surface area contributed by atoms with E-state index in [1.54, 1.807) is 30.3 Å². The topological polar surface area (TPSA) is 83.7 Å². The van der Waals surface area contributed by atoms with Gasteiger partial charge < -0.3 is 4.42 Å². The largest absolute Gasteiger partial charge is 0.467 e. The fraction of sp³-hybridized carbons (Fsp3) is 0.111. The molecule has 0 spiro atoms. The SMILES string of the molecule is CN(Cc1ccccc1)S(=O)(=O)c1ccc(C(=O)N(Cc2ccco2)c2nc3ccccc3s2)cc1. The van der Waals surface area contributed by atoms with Gasteiger partial charge in [-0.15, -0.1) is 0 Å². The number of hydrogen-bond acceptors (Lipinski definition) is 6. The van der Waals surface area contributed by atoms with Gasteiger partial charge in [-0.05, 0) is 54.1 Å². The van der Waals surface area contributed by atoms with Crippen molar-refractivity contribution in [2.24, 2.45) is 0 Å². The number of para-hydroxylation sites is 1. The molecule has 2 heterocycles. The molecule has 0 bridgehead atoms. The molecule has 0 fully saturated rings. The number of fused-ring (bicyclic) bond motifs is 1. The van der Waals surface area contributed by atoms with Gasteiger partial charge in [-0.1, -0.05) is 53.8 Å². The number of anilines is 1. The predicted octanol–water partition coefficient (Wildman–Crippen LogP) is 5.56. The first-order valence-electron chi connectivity index (χ1n) is 11.2. The molecule has 0 unspecified atom stereocenters. The molecule has 0 N–H and O–H groups in total. The highest BCUT2D eigenvalue weighted by molar-refractivity contribution is 7.89. The lowest BCUT2D eigenvalue weighted by Gasteiger charge is -2.20. The van der Waals surface area contributed by atoms with Gasteiger partial charge in [0.1, 0.15) is 5.76 Å². The number of benzene rings is 3. The molecule has 3 aromatic carbocycles. The lowest BCUT2D eigenvalue weighted by atomic mass is 10.2. The van der Waals surface area contributed by atoms with Crippen LogP contribution in [-0.4, -0.2) is 30.7 Å². The van der Waals surface area contributed by atoms with E-state index < -0.39 is 10.0 Å². The summed E-state index contributed by atoms with van der Waals surface area (Å²) < 4.78 is 33.9. The highest BCUT2D eigenvalue weighted by Gasteiger charge is 2.25. The smallest absolute Gasteiger partial charge is 0.260 e. The van der Waals surface area contributed by atoms with Crippen LogP contribution in [0.5, 0.6) is 0 Å². The number of rotatable bonds is 8. The van der Waals surface area contributed by atoms with Crippen LogP contribution in [-0.2, 0) is 23.1 Å². The van der Waals surface area contributed by atoms with E-state index in [0.717, 1.165) is 15.8 Å². The first-order chi connectivity index (χ1) is 17.4.